The maximum absolute atomic E-state index is 12.0. The molecule has 0 atom stereocenters. The molecule has 0 aliphatic heterocycles. The number of aromatic amines is 1. The molecule has 1 aromatic carbocycles. The Morgan fingerprint density at radius 1 is 1.32 bits per heavy atom. The predicted octanol–water partition coefficient (Wildman–Crippen LogP) is 2.44. The van der Waals surface area contributed by atoms with E-state index in [9.17, 15) is 25.0 Å². The highest BCUT2D eigenvalue weighted by Crippen LogP contribution is 2.26. The fourth-order valence-corrected chi connectivity index (χ4v) is 1.91. The molecule has 2 aromatic rings. The van der Waals surface area contributed by atoms with Crippen molar-refractivity contribution in [2.45, 2.75) is 6.92 Å². The molecule has 1 heterocycles. The number of aromatic nitrogens is 2. The fraction of sp³-hybridized carbons (Fsp3) is 0.0909. The molecule has 11 heteroatoms. The van der Waals surface area contributed by atoms with Crippen molar-refractivity contribution in [1.82, 2.24) is 10.2 Å². The molecule has 2 N–H and O–H groups in total. The summed E-state index contributed by atoms with van der Waals surface area (Å²) in [6.07, 6.45) is 0. The average molecular weight is 326 g/mol. The van der Waals surface area contributed by atoms with Gasteiger partial charge in [-0.25, -0.2) is 0 Å². The van der Waals surface area contributed by atoms with Gasteiger partial charge in [0.25, 0.3) is 11.6 Å². The second-order valence-electron chi connectivity index (χ2n) is 4.20. The van der Waals surface area contributed by atoms with Gasteiger partial charge in [-0.05, 0) is 23.5 Å². The Morgan fingerprint density at radius 3 is 2.50 bits per heavy atom. The Bertz CT molecular complexity index is 787. The third kappa shape index (κ3) is 2.86. The second-order valence-corrected chi connectivity index (χ2v) is 4.58. The van der Waals surface area contributed by atoms with E-state index in [1.54, 1.807) is 6.92 Å². The quantitative estimate of drug-likeness (QED) is 0.652. The van der Waals surface area contributed by atoms with Crippen LogP contribution < -0.4 is 5.32 Å². The highest BCUT2D eigenvalue weighted by molar-refractivity contribution is 6.35. The van der Waals surface area contributed by atoms with Crippen LogP contribution in [-0.4, -0.2) is 26.0 Å². The van der Waals surface area contributed by atoms with Crippen LogP contribution in [-0.2, 0) is 0 Å². The molecular weight excluding hydrogens is 318 g/mol. The molecule has 22 heavy (non-hydrogen) atoms. The molecule has 1 aromatic heterocycles. The summed E-state index contributed by atoms with van der Waals surface area (Å²) < 4.78 is 0. The van der Waals surface area contributed by atoms with Crippen molar-refractivity contribution < 1.29 is 14.6 Å². The number of rotatable bonds is 4. The number of hydrogen-bond acceptors (Lipinski definition) is 6. The summed E-state index contributed by atoms with van der Waals surface area (Å²) >= 11 is 5.70. The summed E-state index contributed by atoms with van der Waals surface area (Å²) in [5.41, 5.74) is 0.288. The van der Waals surface area contributed by atoms with Gasteiger partial charge in [-0.1, -0.05) is 16.7 Å². The summed E-state index contributed by atoms with van der Waals surface area (Å²) in [5.74, 6) is -1.36. The molecule has 0 saturated heterocycles. The SMILES string of the molecule is Cc1cc([N+](=O)[O-])ccc1NC(=O)c1n[nH]c([N+](=O)[O-])c1Cl. The van der Waals surface area contributed by atoms with E-state index in [1.165, 1.54) is 18.2 Å². The van der Waals surface area contributed by atoms with E-state index in [0.29, 0.717) is 11.3 Å². The fourth-order valence-electron chi connectivity index (χ4n) is 1.67. The third-order valence-corrected chi connectivity index (χ3v) is 3.11. The zero-order valence-electron chi connectivity index (χ0n) is 11.0. The van der Waals surface area contributed by atoms with Crippen molar-refractivity contribution in [3.63, 3.8) is 0 Å². The van der Waals surface area contributed by atoms with Gasteiger partial charge in [0.2, 0.25) is 0 Å². The lowest BCUT2D eigenvalue weighted by molar-refractivity contribution is -0.389. The Morgan fingerprint density at radius 2 is 2.00 bits per heavy atom. The molecule has 2 rings (SSSR count). The van der Waals surface area contributed by atoms with E-state index in [1.807, 2.05) is 5.10 Å². The van der Waals surface area contributed by atoms with E-state index in [-0.39, 0.29) is 11.4 Å². The number of hydrogen-bond donors (Lipinski definition) is 2. The standard InChI is InChI=1S/C11H8ClN5O5/c1-5-4-6(16(19)20)2-3-7(5)13-11(18)9-8(12)10(15-14-9)17(21)22/h2-4H,1H3,(H,13,18)(H,14,15). The van der Waals surface area contributed by atoms with Crippen LogP contribution in [0.15, 0.2) is 18.2 Å². The Labute approximate surface area is 127 Å². The van der Waals surface area contributed by atoms with Gasteiger partial charge in [-0.3, -0.25) is 14.9 Å². The largest absolute Gasteiger partial charge is 0.362 e. The lowest BCUT2D eigenvalue weighted by Gasteiger charge is -2.06. The lowest BCUT2D eigenvalue weighted by Crippen LogP contribution is -2.14. The first kappa shape index (κ1) is 15.4. The van der Waals surface area contributed by atoms with Crippen molar-refractivity contribution in [2.24, 2.45) is 0 Å². The predicted molar refractivity (Wildman–Crippen MR) is 76.0 cm³/mol. The van der Waals surface area contributed by atoms with Gasteiger partial charge < -0.3 is 15.4 Å². The van der Waals surface area contributed by atoms with Crippen LogP contribution in [0.4, 0.5) is 17.2 Å². The minimum absolute atomic E-state index is 0.121. The van der Waals surface area contributed by atoms with Crippen molar-refractivity contribution in [2.75, 3.05) is 5.32 Å². The molecule has 0 unspecified atom stereocenters. The number of nitro groups is 2. The minimum Gasteiger partial charge on any atom is -0.358 e. The summed E-state index contributed by atoms with van der Waals surface area (Å²) in [4.78, 5) is 31.9. The number of non-ortho nitro benzene ring substituents is 1. The Balaban J connectivity index is 2.26. The molecule has 0 radical (unpaired) electrons. The van der Waals surface area contributed by atoms with Crippen LogP contribution >= 0.6 is 11.6 Å². The van der Waals surface area contributed by atoms with Gasteiger partial charge in [0.05, 0.1) is 4.92 Å². The number of carbonyl (C=O) groups is 1. The van der Waals surface area contributed by atoms with E-state index in [2.05, 4.69) is 10.4 Å². The van der Waals surface area contributed by atoms with Crippen LogP contribution in [0.3, 0.4) is 0 Å². The number of halogens is 1. The van der Waals surface area contributed by atoms with Gasteiger partial charge in [0, 0.05) is 17.8 Å². The molecule has 10 nitrogen and oxygen atoms in total. The topological polar surface area (TPSA) is 144 Å². The van der Waals surface area contributed by atoms with Crippen molar-refractivity contribution in [3.8, 4) is 0 Å². The Hall–Kier alpha value is -3.01. The van der Waals surface area contributed by atoms with Crippen LogP contribution in [0, 0.1) is 27.2 Å². The first-order valence-electron chi connectivity index (χ1n) is 5.76. The number of amides is 1. The minimum atomic E-state index is -0.802. The summed E-state index contributed by atoms with van der Waals surface area (Å²) in [5, 5.41) is 28.8. The van der Waals surface area contributed by atoms with Crippen LogP contribution in [0.5, 0.6) is 0 Å². The summed E-state index contributed by atoms with van der Waals surface area (Å²) in [7, 11) is 0. The Kier molecular flexibility index (Phi) is 4.04. The van der Waals surface area contributed by atoms with Crippen molar-refractivity contribution >= 4 is 34.7 Å². The van der Waals surface area contributed by atoms with E-state index < -0.39 is 26.6 Å². The van der Waals surface area contributed by atoms with Crippen LogP contribution in [0.1, 0.15) is 16.1 Å². The van der Waals surface area contributed by atoms with Gasteiger partial charge in [-0.2, -0.15) is 0 Å². The van der Waals surface area contributed by atoms with E-state index in [0.717, 1.165) is 0 Å². The molecule has 0 fully saturated rings. The van der Waals surface area contributed by atoms with Gasteiger partial charge >= 0.3 is 5.82 Å². The first-order chi connectivity index (χ1) is 10.3. The maximum atomic E-state index is 12.0. The highest BCUT2D eigenvalue weighted by Gasteiger charge is 2.25. The molecule has 0 aliphatic rings. The second kappa shape index (κ2) is 5.77. The number of aryl methyl sites for hydroxylation is 1. The maximum Gasteiger partial charge on any atom is 0.362 e. The molecule has 0 aliphatic carbocycles. The van der Waals surface area contributed by atoms with E-state index in [4.69, 9.17) is 11.6 Å². The molecule has 0 saturated carbocycles. The molecule has 114 valence electrons. The normalized spacial score (nSPS) is 10.3. The summed E-state index contributed by atoms with van der Waals surface area (Å²) in [6.45, 7) is 1.57. The molecule has 0 spiro atoms. The van der Waals surface area contributed by atoms with Crippen LogP contribution in [0.25, 0.3) is 0 Å². The smallest absolute Gasteiger partial charge is 0.358 e. The van der Waals surface area contributed by atoms with E-state index >= 15 is 0 Å². The van der Waals surface area contributed by atoms with Crippen LogP contribution in [0.2, 0.25) is 5.02 Å². The number of nitrogens with zero attached hydrogens (tertiary/aromatic N) is 3. The number of nitro benzene ring substituents is 1. The number of carbonyl (C=O) groups excluding carboxylic acids is 1. The van der Waals surface area contributed by atoms with Crippen molar-refractivity contribution in [3.05, 3.63) is 54.7 Å². The molecule has 0 bridgehead atoms. The zero-order valence-corrected chi connectivity index (χ0v) is 11.7. The van der Waals surface area contributed by atoms with Gasteiger partial charge in [-0.15, -0.1) is 5.10 Å². The monoisotopic (exact) mass is 325 g/mol. The van der Waals surface area contributed by atoms with Crippen molar-refractivity contribution in [1.29, 1.82) is 0 Å². The van der Waals surface area contributed by atoms with Gasteiger partial charge in [0.15, 0.2) is 10.7 Å². The van der Waals surface area contributed by atoms with Gasteiger partial charge in [0.1, 0.15) is 0 Å². The number of benzene rings is 1. The first-order valence-corrected chi connectivity index (χ1v) is 6.13. The molecular formula is C11H8ClN5O5. The molecule has 1 amide bonds. The lowest BCUT2D eigenvalue weighted by atomic mass is 10.1. The third-order valence-electron chi connectivity index (χ3n) is 2.76. The average Bonchev–Trinajstić information content (AvgIpc) is 2.82. The number of anilines is 1. The number of nitrogens with one attached hydrogen (secondary N) is 2. The summed E-state index contributed by atoms with van der Waals surface area (Å²) in [6, 6.07) is 3.85. The zero-order chi connectivity index (χ0) is 16.4. The highest BCUT2D eigenvalue weighted by atomic mass is 35.5. The number of H-pyrrole nitrogens is 1.